The average molecular weight is 273 g/mol. The normalized spacial score (nSPS) is 10.4. The number of hydrogen-bond acceptors (Lipinski definition) is 2. The van der Waals surface area contributed by atoms with Crippen molar-refractivity contribution in [2.45, 2.75) is 32.1 Å². The maximum absolute atomic E-state index is 13.3. The van der Waals surface area contributed by atoms with Crippen molar-refractivity contribution < 1.29 is 9.18 Å². The topological polar surface area (TPSA) is 55.1 Å². The molecule has 0 atom stereocenters. The number of carbonyl (C=O) groups excluding carboxylic acids is 1. The van der Waals surface area contributed by atoms with Crippen LogP contribution in [-0.2, 0) is 4.79 Å². The van der Waals surface area contributed by atoms with Gasteiger partial charge in [-0.05, 0) is 37.6 Å². The molecule has 18 heavy (non-hydrogen) atoms. The van der Waals surface area contributed by atoms with Crippen LogP contribution in [0.5, 0.6) is 0 Å². The number of halogens is 2. The zero-order valence-electron chi connectivity index (χ0n) is 10.2. The van der Waals surface area contributed by atoms with Crippen LogP contribution in [-0.4, -0.2) is 12.5 Å². The van der Waals surface area contributed by atoms with Gasteiger partial charge in [-0.1, -0.05) is 24.4 Å². The minimum Gasteiger partial charge on any atom is -0.330 e. The number of anilines is 1. The Morgan fingerprint density at radius 1 is 1.28 bits per heavy atom. The van der Waals surface area contributed by atoms with Crippen LogP contribution in [0.25, 0.3) is 0 Å². The molecule has 0 aliphatic carbocycles. The second-order valence-electron chi connectivity index (χ2n) is 4.13. The lowest BCUT2D eigenvalue weighted by atomic mass is 10.1. The molecule has 0 fully saturated rings. The molecule has 0 saturated carbocycles. The fourth-order valence-electron chi connectivity index (χ4n) is 1.59. The van der Waals surface area contributed by atoms with Gasteiger partial charge < -0.3 is 11.1 Å². The minimum absolute atomic E-state index is 0.134. The lowest BCUT2D eigenvalue weighted by Crippen LogP contribution is -2.12. The molecule has 1 aromatic rings. The van der Waals surface area contributed by atoms with Crippen molar-refractivity contribution in [1.29, 1.82) is 0 Å². The van der Waals surface area contributed by atoms with Crippen LogP contribution >= 0.6 is 11.6 Å². The van der Waals surface area contributed by atoms with Gasteiger partial charge in [0.2, 0.25) is 5.91 Å². The van der Waals surface area contributed by atoms with Gasteiger partial charge in [0.1, 0.15) is 5.82 Å². The first-order chi connectivity index (χ1) is 8.63. The summed E-state index contributed by atoms with van der Waals surface area (Å²) in [5, 5.41) is 2.92. The van der Waals surface area contributed by atoms with Gasteiger partial charge in [-0.25, -0.2) is 4.39 Å². The van der Waals surface area contributed by atoms with E-state index in [2.05, 4.69) is 5.32 Å². The molecule has 1 rings (SSSR count). The van der Waals surface area contributed by atoms with E-state index in [9.17, 15) is 9.18 Å². The molecule has 0 aliphatic rings. The summed E-state index contributed by atoms with van der Waals surface area (Å²) in [7, 11) is 0. The Balaban J connectivity index is 2.33. The first kappa shape index (κ1) is 14.9. The summed E-state index contributed by atoms with van der Waals surface area (Å²) >= 11 is 5.73. The van der Waals surface area contributed by atoms with Gasteiger partial charge in [0.25, 0.3) is 0 Å². The smallest absolute Gasteiger partial charge is 0.224 e. The molecular formula is C13H18ClFN2O. The number of unbranched alkanes of at least 4 members (excludes halogenated alkanes) is 3. The average Bonchev–Trinajstić information content (AvgIpc) is 2.33. The molecule has 5 heteroatoms. The standard InChI is InChI=1S/C13H18ClFN2O/c14-10-6-7-11(15)12(9-10)17-13(18)5-3-1-2-4-8-16/h6-7,9H,1-5,8,16H2,(H,17,18). The summed E-state index contributed by atoms with van der Waals surface area (Å²) in [6.45, 7) is 0.680. The number of carbonyl (C=O) groups is 1. The molecule has 0 unspecified atom stereocenters. The van der Waals surface area contributed by atoms with Gasteiger partial charge in [-0.3, -0.25) is 4.79 Å². The third-order valence-corrected chi connectivity index (χ3v) is 2.80. The number of hydrogen-bond donors (Lipinski definition) is 2. The monoisotopic (exact) mass is 272 g/mol. The Morgan fingerprint density at radius 3 is 2.72 bits per heavy atom. The molecule has 3 nitrogen and oxygen atoms in total. The SMILES string of the molecule is NCCCCCCC(=O)Nc1cc(Cl)ccc1F. The van der Waals surface area contributed by atoms with Gasteiger partial charge in [0.15, 0.2) is 0 Å². The van der Waals surface area contributed by atoms with Crippen LogP contribution in [0.4, 0.5) is 10.1 Å². The van der Waals surface area contributed by atoms with Gasteiger partial charge in [-0.15, -0.1) is 0 Å². The summed E-state index contributed by atoms with van der Waals surface area (Å²) < 4.78 is 13.3. The zero-order valence-corrected chi connectivity index (χ0v) is 11.0. The van der Waals surface area contributed by atoms with Crippen LogP contribution in [0.3, 0.4) is 0 Å². The van der Waals surface area contributed by atoms with E-state index in [-0.39, 0.29) is 11.6 Å². The molecule has 0 bridgehead atoms. The molecule has 100 valence electrons. The predicted octanol–water partition coefficient (Wildman–Crippen LogP) is 3.33. The van der Waals surface area contributed by atoms with Crippen molar-refractivity contribution in [3.8, 4) is 0 Å². The van der Waals surface area contributed by atoms with Crippen molar-refractivity contribution in [1.82, 2.24) is 0 Å². The molecule has 0 aliphatic heterocycles. The Labute approximate surface area is 112 Å². The molecule has 0 aromatic heterocycles. The summed E-state index contributed by atoms with van der Waals surface area (Å²) in [5.41, 5.74) is 5.50. The molecular weight excluding hydrogens is 255 g/mol. The van der Waals surface area contributed by atoms with Gasteiger partial charge in [0, 0.05) is 11.4 Å². The Bertz CT molecular complexity index is 399. The van der Waals surface area contributed by atoms with Crippen LogP contribution < -0.4 is 11.1 Å². The highest BCUT2D eigenvalue weighted by Crippen LogP contribution is 2.19. The lowest BCUT2D eigenvalue weighted by Gasteiger charge is -2.06. The molecule has 0 spiro atoms. The number of nitrogens with one attached hydrogen (secondary N) is 1. The maximum Gasteiger partial charge on any atom is 0.224 e. The van der Waals surface area contributed by atoms with Crippen molar-refractivity contribution in [2.24, 2.45) is 5.73 Å². The van der Waals surface area contributed by atoms with Crippen molar-refractivity contribution >= 4 is 23.2 Å². The maximum atomic E-state index is 13.3. The fourth-order valence-corrected chi connectivity index (χ4v) is 1.76. The number of benzene rings is 1. The summed E-state index contributed by atoms with van der Waals surface area (Å²) in [6, 6.07) is 4.09. The number of nitrogens with two attached hydrogens (primary N) is 1. The van der Waals surface area contributed by atoms with E-state index < -0.39 is 5.82 Å². The minimum atomic E-state index is -0.476. The first-order valence-corrected chi connectivity index (χ1v) is 6.46. The van der Waals surface area contributed by atoms with Crippen molar-refractivity contribution in [3.63, 3.8) is 0 Å². The van der Waals surface area contributed by atoms with Gasteiger partial charge in [-0.2, -0.15) is 0 Å². The third kappa shape index (κ3) is 5.47. The first-order valence-electron chi connectivity index (χ1n) is 6.08. The Morgan fingerprint density at radius 2 is 2.00 bits per heavy atom. The van der Waals surface area contributed by atoms with E-state index in [0.717, 1.165) is 25.7 Å². The van der Waals surface area contributed by atoms with Gasteiger partial charge >= 0.3 is 0 Å². The van der Waals surface area contributed by atoms with E-state index in [1.54, 1.807) is 0 Å². The van der Waals surface area contributed by atoms with Crippen molar-refractivity contribution in [2.75, 3.05) is 11.9 Å². The predicted molar refractivity (Wildman–Crippen MR) is 72.2 cm³/mol. The van der Waals surface area contributed by atoms with Crippen LogP contribution in [0, 0.1) is 5.82 Å². The van der Waals surface area contributed by atoms with E-state index >= 15 is 0 Å². The highest BCUT2D eigenvalue weighted by atomic mass is 35.5. The zero-order chi connectivity index (χ0) is 13.4. The van der Waals surface area contributed by atoms with Gasteiger partial charge in [0.05, 0.1) is 5.69 Å². The van der Waals surface area contributed by atoms with Crippen molar-refractivity contribution in [3.05, 3.63) is 29.0 Å². The number of rotatable bonds is 7. The molecule has 0 saturated heterocycles. The molecule has 3 N–H and O–H groups in total. The highest BCUT2D eigenvalue weighted by Gasteiger charge is 2.07. The van der Waals surface area contributed by atoms with Crippen LogP contribution in [0.15, 0.2) is 18.2 Å². The lowest BCUT2D eigenvalue weighted by molar-refractivity contribution is -0.116. The second kappa shape index (κ2) is 8.06. The largest absolute Gasteiger partial charge is 0.330 e. The van der Waals surface area contributed by atoms with Crippen LogP contribution in [0.2, 0.25) is 5.02 Å². The van der Waals surface area contributed by atoms with E-state index in [1.807, 2.05) is 0 Å². The number of amides is 1. The Kier molecular flexibility index (Phi) is 6.68. The summed E-state index contributed by atoms with van der Waals surface area (Å²) in [4.78, 5) is 11.6. The second-order valence-corrected chi connectivity index (χ2v) is 4.56. The van der Waals surface area contributed by atoms with Crippen LogP contribution in [0.1, 0.15) is 32.1 Å². The molecule has 1 aromatic carbocycles. The Hall–Kier alpha value is -1.13. The summed E-state index contributed by atoms with van der Waals surface area (Å²) in [5.74, 6) is -0.667. The quantitative estimate of drug-likeness (QED) is 0.748. The van der Waals surface area contributed by atoms with E-state index in [1.165, 1.54) is 18.2 Å². The molecule has 0 radical (unpaired) electrons. The fraction of sp³-hybridized carbons (Fsp3) is 0.462. The summed E-state index contributed by atoms with van der Waals surface area (Å²) in [6.07, 6.45) is 4.13. The molecule has 1 amide bonds. The van der Waals surface area contributed by atoms with E-state index in [0.29, 0.717) is 18.0 Å². The highest BCUT2D eigenvalue weighted by molar-refractivity contribution is 6.30. The molecule has 0 heterocycles. The third-order valence-electron chi connectivity index (χ3n) is 2.56. The van der Waals surface area contributed by atoms with E-state index in [4.69, 9.17) is 17.3 Å².